The zero-order valence-electron chi connectivity index (χ0n) is 20.9. The van der Waals surface area contributed by atoms with Crippen LogP contribution in [0.1, 0.15) is 72.3 Å². The summed E-state index contributed by atoms with van der Waals surface area (Å²) in [6.07, 6.45) is 8.52. The number of carboxylic acids is 1. The van der Waals surface area contributed by atoms with Crippen molar-refractivity contribution in [3.8, 4) is 0 Å². The van der Waals surface area contributed by atoms with E-state index in [1.54, 1.807) is 17.8 Å². The third kappa shape index (κ3) is 5.95. The molecule has 35 heavy (non-hydrogen) atoms. The number of nitrogens with zero attached hydrogens (tertiary/aromatic N) is 5. The minimum absolute atomic E-state index is 0.117. The topological polar surface area (TPSA) is 124 Å². The quantitative estimate of drug-likeness (QED) is 0.185. The van der Waals surface area contributed by atoms with Gasteiger partial charge in [0.25, 0.3) is 0 Å². The van der Waals surface area contributed by atoms with Gasteiger partial charge < -0.3 is 19.9 Å². The van der Waals surface area contributed by atoms with Crippen molar-refractivity contribution < 1.29 is 19.4 Å². The molecule has 3 heterocycles. The van der Waals surface area contributed by atoms with Gasteiger partial charge in [-0.1, -0.05) is 56.2 Å². The summed E-state index contributed by atoms with van der Waals surface area (Å²) in [6, 6.07) is -0.188. The molecule has 4 atom stereocenters. The van der Waals surface area contributed by atoms with Crippen molar-refractivity contribution >= 4 is 34.7 Å². The van der Waals surface area contributed by atoms with E-state index < -0.39 is 11.8 Å². The van der Waals surface area contributed by atoms with Crippen LogP contribution in [0.5, 0.6) is 0 Å². The van der Waals surface area contributed by atoms with E-state index in [2.05, 4.69) is 29.5 Å². The lowest BCUT2D eigenvalue weighted by Gasteiger charge is -2.22. The van der Waals surface area contributed by atoms with Crippen molar-refractivity contribution in [2.75, 3.05) is 17.6 Å². The lowest BCUT2D eigenvalue weighted by molar-refractivity contribution is -0.158. The Kier molecular flexibility index (Phi) is 8.28. The van der Waals surface area contributed by atoms with Crippen molar-refractivity contribution in [3.63, 3.8) is 0 Å². The molecule has 192 valence electrons. The van der Waals surface area contributed by atoms with E-state index in [9.17, 15) is 4.79 Å². The maximum absolute atomic E-state index is 11.2. The van der Waals surface area contributed by atoms with Gasteiger partial charge in [-0.2, -0.15) is 0 Å². The van der Waals surface area contributed by atoms with Crippen LogP contribution >= 0.6 is 11.8 Å². The van der Waals surface area contributed by atoms with Crippen molar-refractivity contribution in [3.05, 3.63) is 12.2 Å². The molecule has 1 aliphatic heterocycles. The molecule has 1 aliphatic carbocycles. The second-order valence-electron chi connectivity index (χ2n) is 9.63. The summed E-state index contributed by atoms with van der Waals surface area (Å²) in [5.41, 5.74) is 1.30. The van der Waals surface area contributed by atoms with Gasteiger partial charge in [-0.15, -0.1) is 5.10 Å². The zero-order chi connectivity index (χ0) is 25.0. The molecule has 4 rings (SSSR count). The summed E-state index contributed by atoms with van der Waals surface area (Å²) in [5.74, 6) is -0.199. The van der Waals surface area contributed by atoms with Crippen LogP contribution in [0.3, 0.4) is 0 Å². The first-order valence-corrected chi connectivity index (χ1v) is 13.6. The Morgan fingerprint density at radius 3 is 2.71 bits per heavy atom. The van der Waals surface area contributed by atoms with Crippen molar-refractivity contribution in [2.45, 2.75) is 95.4 Å². The molecule has 0 spiro atoms. The molecular weight excluding hydrogens is 468 g/mol. The predicted octanol–water partition coefficient (Wildman–Crippen LogP) is 4.44. The number of thioether (sulfide) groups is 1. The highest BCUT2D eigenvalue weighted by atomic mass is 32.2. The average Bonchev–Trinajstić information content (AvgIpc) is 3.46. The fourth-order valence-electron chi connectivity index (χ4n) is 4.75. The maximum atomic E-state index is 11.2. The molecule has 2 aromatic rings. The number of nitrogens with one attached hydrogen (secondary N) is 1. The molecule has 2 N–H and O–H groups in total. The number of fused-ring (bicyclic) bond motifs is 2. The number of aromatic nitrogens is 5. The lowest BCUT2D eigenvalue weighted by atomic mass is 10.0. The van der Waals surface area contributed by atoms with Crippen molar-refractivity contribution in [1.82, 2.24) is 25.0 Å². The molecule has 2 fully saturated rings. The minimum atomic E-state index is -0.977. The standard InChI is InChI=1S/C24H36N6O4S/c1-5-7-9-13-35-23-26-21(25-12-8-6-2)18-22(27-23)30(29-28-18)16-14-15(10-11-17(31)32)19-20(16)34-24(3,4)33-19/h10-11,15-16,19-20H,5-9,12-14H2,1-4H3,(H,31,32)(H,25,26,27)/t15-,16+,19+,20-/m0/s1. The molecular formula is C24H36N6O4S. The monoisotopic (exact) mass is 504 g/mol. The van der Waals surface area contributed by atoms with Gasteiger partial charge in [0.15, 0.2) is 27.9 Å². The molecule has 1 saturated heterocycles. The van der Waals surface area contributed by atoms with Crippen LogP contribution in [0, 0.1) is 5.92 Å². The Labute approximate surface area is 210 Å². The van der Waals surface area contributed by atoms with Crippen molar-refractivity contribution in [1.29, 1.82) is 0 Å². The molecule has 1 saturated carbocycles. The molecule has 0 amide bonds. The minimum Gasteiger partial charge on any atom is -0.478 e. The second kappa shape index (κ2) is 11.2. The lowest BCUT2D eigenvalue weighted by Crippen LogP contribution is -2.28. The number of ether oxygens (including phenoxy) is 2. The summed E-state index contributed by atoms with van der Waals surface area (Å²) < 4.78 is 14.3. The molecule has 0 unspecified atom stereocenters. The number of hydrogen-bond acceptors (Lipinski definition) is 9. The summed E-state index contributed by atoms with van der Waals surface area (Å²) >= 11 is 1.65. The van der Waals surface area contributed by atoms with Crippen LogP contribution in [0.2, 0.25) is 0 Å². The largest absolute Gasteiger partial charge is 0.478 e. The first kappa shape index (κ1) is 25.8. The van der Waals surface area contributed by atoms with E-state index in [1.807, 2.05) is 18.5 Å². The van der Waals surface area contributed by atoms with Crippen LogP contribution in [0.4, 0.5) is 5.82 Å². The van der Waals surface area contributed by atoms with Crippen LogP contribution in [-0.4, -0.2) is 66.3 Å². The highest BCUT2D eigenvalue weighted by Crippen LogP contribution is 2.47. The van der Waals surface area contributed by atoms with Gasteiger partial charge >= 0.3 is 5.97 Å². The zero-order valence-corrected chi connectivity index (χ0v) is 21.8. The Morgan fingerprint density at radius 2 is 1.97 bits per heavy atom. The summed E-state index contributed by atoms with van der Waals surface area (Å²) in [6.45, 7) is 8.90. The number of rotatable bonds is 12. The Morgan fingerprint density at radius 1 is 1.20 bits per heavy atom. The fraction of sp³-hybridized carbons (Fsp3) is 0.708. The molecule has 0 radical (unpaired) electrons. The van der Waals surface area contributed by atoms with Crippen LogP contribution in [-0.2, 0) is 14.3 Å². The van der Waals surface area contributed by atoms with Gasteiger partial charge in [-0.05, 0) is 33.1 Å². The number of carbonyl (C=O) groups is 1. The predicted molar refractivity (Wildman–Crippen MR) is 135 cm³/mol. The third-order valence-corrected chi connectivity index (χ3v) is 7.32. The normalized spacial score (nSPS) is 25.5. The number of hydrogen-bond donors (Lipinski definition) is 2. The van der Waals surface area contributed by atoms with Gasteiger partial charge in [-0.3, -0.25) is 0 Å². The molecule has 2 aliphatic rings. The summed E-state index contributed by atoms with van der Waals surface area (Å²) in [4.78, 5) is 20.8. The number of anilines is 1. The van der Waals surface area contributed by atoms with Gasteiger partial charge in [0.05, 0.1) is 12.1 Å². The highest BCUT2D eigenvalue weighted by molar-refractivity contribution is 7.99. The third-order valence-electron chi connectivity index (χ3n) is 6.38. The Balaban J connectivity index is 1.68. The first-order chi connectivity index (χ1) is 16.8. The molecule has 0 aromatic carbocycles. The summed E-state index contributed by atoms with van der Waals surface area (Å²) in [5, 5.41) is 22.2. The SMILES string of the molecule is CCCCCSc1nc(NCCCC)c2nnn([C@@H]3C[C@H](C=CC(=O)O)[C@H]4OC(C)(C)O[C@H]43)c2n1. The van der Waals surface area contributed by atoms with E-state index in [-0.39, 0.29) is 24.2 Å². The van der Waals surface area contributed by atoms with Gasteiger partial charge in [0.2, 0.25) is 0 Å². The average molecular weight is 505 g/mol. The van der Waals surface area contributed by atoms with Gasteiger partial charge in [0, 0.05) is 24.3 Å². The number of aliphatic carboxylic acids is 1. The molecule has 11 heteroatoms. The van der Waals surface area contributed by atoms with E-state index in [4.69, 9.17) is 24.5 Å². The fourth-order valence-corrected chi connectivity index (χ4v) is 5.58. The highest BCUT2D eigenvalue weighted by Gasteiger charge is 2.54. The Hall–Kier alpha value is -2.24. The summed E-state index contributed by atoms with van der Waals surface area (Å²) in [7, 11) is 0. The number of unbranched alkanes of at least 4 members (excludes halogenated alkanes) is 3. The Bertz CT molecular complexity index is 1060. The van der Waals surface area contributed by atoms with Crippen molar-refractivity contribution in [2.24, 2.45) is 5.92 Å². The van der Waals surface area contributed by atoms with E-state index in [0.29, 0.717) is 28.6 Å². The molecule has 10 nitrogen and oxygen atoms in total. The van der Waals surface area contributed by atoms with Gasteiger partial charge in [-0.25, -0.2) is 19.4 Å². The van der Waals surface area contributed by atoms with Gasteiger partial charge in [0.1, 0.15) is 6.10 Å². The molecule has 2 aromatic heterocycles. The van der Waals surface area contributed by atoms with Crippen LogP contribution < -0.4 is 5.32 Å². The van der Waals surface area contributed by atoms with Crippen LogP contribution in [0.15, 0.2) is 17.3 Å². The molecule has 0 bridgehead atoms. The van der Waals surface area contributed by atoms with E-state index in [0.717, 1.165) is 31.6 Å². The first-order valence-electron chi connectivity index (χ1n) is 12.6. The van der Waals surface area contributed by atoms with E-state index in [1.165, 1.54) is 18.9 Å². The van der Waals surface area contributed by atoms with Crippen LogP contribution in [0.25, 0.3) is 11.2 Å². The second-order valence-corrected chi connectivity index (χ2v) is 10.7. The maximum Gasteiger partial charge on any atom is 0.327 e. The van der Waals surface area contributed by atoms with E-state index >= 15 is 0 Å². The smallest absolute Gasteiger partial charge is 0.327 e. The number of carboxylic acid groups (broad SMARTS) is 1.